The second-order valence-corrected chi connectivity index (χ2v) is 6.89. The summed E-state index contributed by atoms with van der Waals surface area (Å²) in [6.45, 7) is 1.95. The topological polar surface area (TPSA) is 84.5 Å². The largest absolute Gasteiger partial charge is 0.455 e. The van der Waals surface area contributed by atoms with Crippen molar-refractivity contribution in [2.24, 2.45) is 0 Å². The molecule has 0 fully saturated rings. The van der Waals surface area contributed by atoms with Gasteiger partial charge in [0.1, 0.15) is 0 Å². The third kappa shape index (κ3) is 6.54. The van der Waals surface area contributed by atoms with E-state index in [-0.39, 0.29) is 12.3 Å². The summed E-state index contributed by atoms with van der Waals surface area (Å²) < 4.78 is 5.08. The zero-order valence-electron chi connectivity index (χ0n) is 17.3. The number of amides is 2. The molecular weight excluding hydrogens is 392 g/mol. The van der Waals surface area contributed by atoms with E-state index in [2.05, 4.69) is 10.6 Å². The fraction of sp³-hybridized carbons (Fsp3) is 0.160. The first kappa shape index (κ1) is 21.8. The molecule has 3 aromatic carbocycles. The van der Waals surface area contributed by atoms with E-state index in [1.807, 2.05) is 61.5 Å². The van der Waals surface area contributed by atoms with Crippen LogP contribution < -0.4 is 10.6 Å². The van der Waals surface area contributed by atoms with Crippen LogP contribution in [0, 0.1) is 0 Å². The molecule has 6 heteroatoms. The summed E-state index contributed by atoms with van der Waals surface area (Å²) in [5.74, 6) is -1.18. The number of esters is 1. The van der Waals surface area contributed by atoms with E-state index in [0.717, 1.165) is 16.7 Å². The maximum atomic E-state index is 12.1. The number of carbonyl (C=O) groups excluding carboxylic acids is 3. The third-order valence-corrected chi connectivity index (χ3v) is 4.52. The van der Waals surface area contributed by atoms with Gasteiger partial charge in [-0.1, -0.05) is 60.7 Å². The third-order valence-electron chi connectivity index (χ3n) is 4.52. The van der Waals surface area contributed by atoms with Crippen LogP contribution in [0.4, 0.5) is 5.69 Å². The molecule has 3 rings (SSSR count). The van der Waals surface area contributed by atoms with Crippen molar-refractivity contribution in [1.82, 2.24) is 5.32 Å². The van der Waals surface area contributed by atoms with E-state index in [4.69, 9.17) is 4.74 Å². The lowest BCUT2D eigenvalue weighted by atomic mass is 10.0. The van der Waals surface area contributed by atoms with Gasteiger partial charge in [-0.3, -0.25) is 14.4 Å². The predicted molar refractivity (Wildman–Crippen MR) is 120 cm³/mol. The van der Waals surface area contributed by atoms with Crippen molar-refractivity contribution in [3.05, 3.63) is 90.0 Å². The summed E-state index contributed by atoms with van der Waals surface area (Å²) >= 11 is 0. The Hall–Kier alpha value is -3.93. The van der Waals surface area contributed by atoms with Crippen LogP contribution in [-0.4, -0.2) is 30.9 Å². The first-order valence-electron chi connectivity index (χ1n) is 10.0. The maximum Gasteiger partial charge on any atom is 0.310 e. The lowest BCUT2D eigenvalue weighted by Gasteiger charge is -2.09. The summed E-state index contributed by atoms with van der Waals surface area (Å²) in [5.41, 5.74) is 3.87. The molecular formula is C25H24N2O4. The van der Waals surface area contributed by atoms with E-state index in [9.17, 15) is 14.4 Å². The van der Waals surface area contributed by atoms with Gasteiger partial charge in [-0.15, -0.1) is 0 Å². The van der Waals surface area contributed by atoms with Crippen molar-refractivity contribution in [3.8, 4) is 11.1 Å². The Labute approximate surface area is 181 Å². The Balaban J connectivity index is 1.48. The van der Waals surface area contributed by atoms with Crippen LogP contribution in [-0.2, 0) is 20.7 Å². The van der Waals surface area contributed by atoms with Crippen molar-refractivity contribution in [2.45, 2.75) is 13.3 Å². The minimum Gasteiger partial charge on any atom is -0.455 e. The Bertz CT molecular complexity index is 1050. The molecule has 2 N–H and O–H groups in total. The van der Waals surface area contributed by atoms with Gasteiger partial charge in [0.15, 0.2) is 6.61 Å². The Kier molecular flexibility index (Phi) is 7.54. The van der Waals surface area contributed by atoms with Crippen LogP contribution in [0.5, 0.6) is 0 Å². The molecule has 0 aliphatic rings. The number of anilines is 1. The lowest BCUT2D eigenvalue weighted by molar-refractivity contribution is -0.146. The van der Waals surface area contributed by atoms with Crippen molar-refractivity contribution in [1.29, 1.82) is 0 Å². The first-order valence-corrected chi connectivity index (χ1v) is 10.0. The van der Waals surface area contributed by atoms with Gasteiger partial charge in [0.25, 0.3) is 11.8 Å². The van der Waals surface area contributed by atoms with Crippen molar-refractivity contribution < 1.29 is 19.1 Å². The molecule has 0 aromatic heterocycles. The monoisotopic (exact) mass is 416 g/mol. The molecule has 0 atom stereocenters. The van der Waals surface area contributed by atoms with Crippen LogP contribution in [0.25, 0.3) is 11.1 Å². The number of hydrogen-bond donors (Lipinski definition) is 2. The highest BCUT2D eigenvalue weighted by molar-refractivity contribution is 5.97. The lowest BCUT2D eigenvalue weighted by Crippen LogP contribution is -2.24. The molecule has 0 aliphatic heterocycles. The summed E-state index contributed by atoms with van der Waals surface area (Å²) in [6, 6.07) is 24.2. The van der Waals surface area contributed by atoms with Gasteiger partial charge in [-0.2, -0.15) is 0 Å². The average Bonchev–Trinajstić information content (AvgIpc) is 2.79. The molecule has 0 spiro atoms. The van der Waals surface area contributed by atoms with Crippen LogP contribution in [0.1, 0.15) is 22.8 Å². The number of benzene rings is 3. The zero-order valence-corrected chi connectivity index (χ0v) is 17.3. The van der Waals surface area contributed by atoms with Crippen LogP contribution in [0.15, 0.2) is 78.9 Å². The highest BCUT2D eigenvalue weighted by Gasteiger charge is 2.11. The molecule has 0 saturated carbocycles. The van der Waals surface area contributed by atoms with E-state index in [1.54, 1.807) is 24.3 Å². The molecule has 6 nitrogen and oxygen atoms in total. The molecule has 0 unspecified atom stereocenters. The molecule has 2 amide bonds. The number of ether oxygens (including phenoxy) is 1. The summed E-state index contributed by atoms with van der Waals surface area (Å²) in [4.78, 5) is 36.1. The average molecular weight is 416 g/mol. The molecule has 31 heavy (non-hydrogen) atoms. The Morgan fingerprint density at radius 3 is 2.26 bits per heavy atom. The second-order valence-electron chi connectivity index (χ2n) is 6.89. The second kappa shape index (κ2) is 10.7. The van der Waals surface area contributed by atoms with Gasteiger partial charge < -0.3 is 15.4 Å². The summed E-state index contributed by atoms with van der Waals surface area (Å²) in [5, 5.41) is 5.33. The van der Waals surface area contributed by atoms with E-state index < -0.39 is 18.5 Å². The van der Waals surface area contributed by atoms with E-state index in [0.29, 0.717) is 17.8 Å². The minimum atomic E-state index is -0.487. The highest BCUT2D eigenvalue weighted by Crippen LogP contribution is 2.19. The number of nitrogens with one attached hydrogen (secondary N) is 2. The van der Waals surface area contributed by atoms with Crippen molar-refractivity contribution in [2.75, 3.05) is 18.5 Å². The van der Waals surface area contributed by atoms with E-state index in [1.165, 1.54) is 0 Å². The van der Waals surface area contributed by atoms with Gasteiger partial charge in [-0.25, -0.2) is 0 Å². The predicted octanol–water partition coefficient (Wildman–Crippen LogP) is 3.83. The molecule has 0 saturated heterocycles. The smallest absolute Gasteiger partial charge is 0.310 e. The maximum absolute atomic E-state index is 12.1. The summed E-state index contributed by atoms with van der Waals surface area (Å²) in [7, 11) is 0. The van der Waals surface area contributed by atoms with Gasteiger partial charge in [-0.05, 0) is 41.8 Å². The first-order chi connectivity index (χ1) is 15.0. The normalized spacial score (nSPS) is 10.2. The fourth-order valence-corrected chi connectivity index (χ4v) is 3.01. The summed E-state index contributed by atoms with van der Waals surface area (Å²) in [6.07, 6.45) is 0.0784. The van der Waals surface area contributed by atoms with Crippen molar-refractivity contribution >= 4 is 23.5 Å². The Morgan fingerprint density at radius 1 is 0.839 bits per heavy atom. The van der Waals surface area contributed by atoms with Crippen LogP contribution >= 0.6 is 0 Å². The molecule has 0 aliphatic carbocycles. The molecule has 3 aromatic rings. The number of hydrogen-bond acceptors (Lipinski definition) is 4. The van der Waals surface area contributed by atoms with Crippen molar-refractivity contribution in [3.63, 3.8) is 0 Å². The minimum absolute atomic E-state index is 0.0784. The number of carbonyl (C=O) groups is 3. The molecule has 0 heterocycles. The van der Waals surface area contributed by atoms with Gasteiger partial charge in [0.2, 0.25) is 0 Å². The van der Waals surface area contributed by atoms with E-state index >= 15 is 0 Å². The molecule has 0 radical (unpaired) electrons. The molecule has 158 valence electrons. The quantitative estimate of drug-likeness (QED) is 0.547. The van der Waals surface area contributed by atoms with Gasteiger partial charge in [0.05, 0.1) is 6.42 Å². The SMILES string of the molecule is CCNC(=O)c1cccc(NC(=O)COC(=O)Cc2ccc(-c3ccccc3)cc2)c1. The standard InChI is InChI=1S/C25H24N2O4/c1-2-26-25(30)21-9-6-10-22(16-21)27-23(28)17-31-24(29)15-18-11-13-20(14-12-18)19-7-4-3-5-8-19/h3-14,16H,2,15,17H2,1H3,(H,26,30)(H,27,28). The highest BCUT2D eigenvalue weighted by atomic mass is 16.5. The van der Waals surface area contributed by atoms with Crippen LogP contribution in [0.2, 0.25) is 0 Å². The zero-order chi connectivity index (χ0) is 22.1. The molecule has 0 bridgehead atoms. The van der Waals surface area contributed by atoms with Gasteiger partial charge in [0, 0.05) is 17.8 Å². The fourth-order valence-electron chi connectivity index (χ4n) is 3.01. The van der Waals surface area contributed by atoms with Gasteiger partial charge >= 0.3 is 5.97 Å². The Morgan fingerprint density at radius 2 is 1.55 bits per heavy atom. The number of rotatable bonds is 8. The van der Waals surface area contributed by atoms with Crippen LogP contribution in [0.3, 0.4) is 0 Å².